The van der Waals surface area contributed by atoms with Crippen LogP contribution in [0.25, 0.3) is 0 Å². The summed E-state index contributed by atoms with van der Waals surface area (Å²) in [6.45, 7) is 1.77. The maximum atomic E-state index is 11.6. The average Bonchev–Trinajstić information content (AvgIpc) is 2.48. The Kier molecular flexibility index (Phi) is 5.71. The van der Waals surface area contributed by atoms with E-state index in [2.05, 4.69) is 10.2 Å². The molecule has 1 fully saturated rings. The van der Waals surface area contributed by atoms with Gasteiger partial charge < -0.3 is 10.0 Å². The number of hydrogen-bond donors (Lipinski definition) is 1. The van der Waals surface area contributed by atoms with Gasteiger partial charge in [-0.05, 0) is 37.3 Å². The Morgan fingerprint density at radius 2 is 2.18 bits per heavy atom. The minimum absolute atomic E-state index is 0.0727. The van der Waals surface area contributed by atoms with Crippen LogP contribution in [0.4, 0.5) is 5.82 Å². The minimum atomic E-state index is -3.11. The van der Waals surface area contributed by atoms with E-state index in [9.17, 15) is 8.42 Å². The maximum Gasteiger partial charge on any atom is 0.211 e. The molecule has 0 amide bonds. The second kappa shape index (κ2) is 7.34. The van der Waals surface area contributed by atoms with Crippen LogP contribution in [0.1, 0.15) is 18.5 Å². The summed E-state index contributed by atoms with van der Waals surface area (Å²) in [5.74, 6) is 1.01. The highest BCUT2D eigenvalue weighted by Crippen LogP contribution is 2.22. The molecule has 0 bridgehead atoms. The van der Waals surface area contributed by atoms with Crippen LogP contribution in [0, 0.1) is 5.92 Å². The molecule has 22 heavy (non-hydrogen) atoms. The first-order valence-corrected chi connectivity index (χ1v) is 9.34. The molecule has 0 unspecified atom stereocenters. The number of nitrogens with zero attached hydrogens (tertiary/aromatic N) is 4. The molecular formula is C14H24N4O3S. The predicted molar refractivity (Wildman–Crippen MR) is 85.2 cm³/mol. The molecule has 8 heteroatoms. The van der Waals surface area contributed by atoms with E-state index in [0.717, 1.165) is 30.8 Å². The van der Waals surface area contributed by atoms with Crippen molar-refractivity contribution in [2.45, 2.75) is 19.3 Å². The van der Waals surface area contributed by atoms with Gasteiger partial charge in [0.25, 0.3) is 0 Å². The molecule has 1 aliphatic heterocycles. The molecule has 1 atom stereocenters. The Balaban J connectivity index is 1.96. The van der Waals surface area contributed by atoms with E-state index in [1.165, 1.54) is 6.26 Å². The number of aromatic nitrogens is 2. The van der Waals surface area contributed by atoms with Gasteiger partial charge in [-0.1, -0.05) is 0 Å². The van der Waals surface area contributed by atoms with Crippen LogP contribution in [0.2, 0.25) is 0 Å². The van der Waals surface area contributed by atoms with E-state index in [1.54, 1.807) is 4.31 Å². The third-order valence-corrected chi connectivity index (χ3v) is 5.25. The lowest BCUT2D eigenvalue weighted by molar-refractivity contribution is 0.265. The van der Waals surface area contributed by atoms with Crippen molar-refractivity contribution in [1.82, 2.24) is 14.5 Å². The zero-order chi connectivity index (χ0) is 16.2. The summed E-state index contributed by atoms with van der Waals surface area (Å²) in [7, 11) is -1.26. The molecule has 0 radical (unpaired) electrons. The highest BCUT2D eigenvalue weighted by molar-refractivity contribution is 7.88. The van der Waals surface area contributed by atoms with Crippen LogP contribution < -0.4 is 4.90 Å². The highest BCUT2D eigenvalue weighted by Gasteiger charge is 2.26. The summed E-state index contributed by atoms with van der Waals surface area (Å²) in [5, 5.41) is 17.3. The number of piperidine rings is 1. The molecule has 0 aromatic carbocycles. The van der Waals surface area contributed by atoms with Crippen LogP contribution in [0.15, 0.2) is 12.1 Å². The third-order valence-electron chi connectivity index (χ3n) is 3.98. The lowest BCUT2D eigenvalue weighted by Crippen LogP contribution is -2.39. The summed E-state index contributed by atoms with van der Waals surface area (Å²) < 4.78 is 24.8. The number of sulfonamides is 1. The molecule has 0 aliphatic carbocycles. The van der Waals surface area contributed by atoms with E-state index in [-0.39, 0.29) is 6.61 Å². The zero-order valence-corrected chi connectivity index (χ0v) is 14.0. The molecule has 7 nitrogen and oxygen atoms in total. The molecule has 1 N–H and O–H groups in total. The molecule has 1 aliphatic rings. The SMILES string of the molecule is CN(CCO)c1ccc(C[C@@H]2CCCN(S(C)(=O)=O)C2)nn1. The fourth-order valence-electron chi connectivity index (χ4n) is 2.72. The largest absolute Gasteiger partial charge is 0.395 e. The summed E-state index contributed by atoms with van der Waals surface area (Å²) in [6, 6.07) is 3.81. The van der Waals surface area contributed by atoms with Crippen LogP contribution in [-0.4, -0.2) is 67.6 Å². The monoisotopic (exact) mass is 328 g/mol. The molecule has 1 saturated heterocycles. The number of hydrogen-bond acceptors (Lipinski definition) is 6. The number of aliphatic hydroxyl groups is 1. The van der Waals surface area contributed by atoms with Crippen LogP contribution >= 0.6 is 0 Å². The quantitative estimate of drug-likeness (QED) is 0.798. The Morgan fingerprint density at radius 1 is 1.41 bits per heavy atom. The fourth-order valence-corrected chi connectivity index (χ4v) is 3.66. The molecule has 0 saturated carbocycles. The van der Waals surface area contributed by atoms with E-state index < -0.39 is 10.0 Å². The Labute approximate surface area is 132 Å². The van der Waals surface area contributed by atoms with Crippen molar-refractivity contribution in [3.05, 3.63) is 17.8 Å². The predicted octanol–water partition coefficient (Wildman–Crippen LogP) is 0.119. The minimum Gasteiger partial charge on any atom is -0.395 e. The molecule has 1 aromatic heterocycles. The first-order valence-electron chi connectivity index (χ1n) is 7.50. The molecule has 0 spiro atoms. The number of anilines is 1. The second-order valence-electron chi connectivity index (χ2n) is 5.86. The van der Waals surface area contributed by atoms with Crippen LogP contribution in [0.3, 0.4) is 0 Å². The van der Waals surface area contributed by atoms with Crippen molar-refractivity contribution < 1.29 is 13.5 Å². The number of aliphatic hydroxyl groups excluding tert-OH is 1. The van der Waals surface area contributed by atoms with Crippen molar-refractivity contribution in [2.24, 2.45) is 5.92 Å². The van der Waals surface area contributed by atoms with Gasteiger partial charge in [0.2, 0.25) is 10.0 Å². The molecule has 2 heterocycles. The van der Waals surface area contributed by atoms with Crippen LogP contribution in [0.5, 0.6) is 0 Å². The topological polar surface area (TPSA) is 86.6 Å². The van der Waals surface area contributed by atoms with Gasteiger partial charge in [-0.15, -0.1) is 5.10 Å². The van der Waals surface area contributed by atoms with Crippen molar-refractivity contribution in [3.63, 3.8) is 0 Å². The molecule has 124 valence electrons. The normalized spacial score (nSPS) is 20.0. The Hall–Kier alpha value is -1.25. The van der Waals surface area contributed by atoms with Crippen molar-refractivity contribution in [2.75, 3.05) is 44.4 Å². The Morgan fingerprint density at radius 3 is 2.77 bits per heavy atom. The average molecular weight is 328 g/mol. The summed E-state index contributed by atoms with van der Waals surface area (Å²) in [5.41, 5.74) is 0.876. The van der Waals surface area contributed by atoms with Crippen molar-refractivity contribution in [1.29, 1.82) is 0 Å². The third kappa shape index (κ3) is 4.62. The van der Waals surface area contributed by atoms with E-state index in [1.807, 2.05) is 24.1 Å². The number of rotatable bonds is 6. The van der Waals surface area contributed by atoms with Gasteiger partial charge in [0.1, 0.15) is 0 Å². The lowest BCUT2D eigenvalue weighted by Gasteiger charge is -2.30. The fraction of sp³-hybridized carbons (Fsp3) is 0.714. The number of likely N-dealkylation sites (N-methyl/N-ethyl adjacent to an activating group) is 1. The first-order chi connectivity index (χ1) is 10.4. The smallest absolute Gasteiger partial charge is 0.211 e. The van der Waals surface area contributed by atoms with E-state index in [0.29, 0.717) is 25.6 Å². The summed E-state index contributed by atoms with van der Waals surface area (Å²) >= 11 is 0. The van der Waals surface area contributed by atoms with Gasteiger partial charge >= 0.3 is 0 Å². The van der Waals surface area contributed by atoms with Crippen molar-refractivity contribution >= 4 is 15.8 Å². The lowest BCUT2D eigenvalue weighted by atomic mass is 9.94. The van der Waals surface area contributed by atoms with E-state index in [4.69, 9.17) is 5.11 Å². The van der Waals surface area contributed by atoms with Crippen molar-refractivity contribution in [3.8, 4) is 0 Å². The maximum absolute atomic E-state index is 11.6. The van der Waals surface area contributed by atoms with Gasteiger partial charge in [-0.3, -0.25) is 0 Å². The van der Waals surface area contributed by atoms with Crippen LogP contribution in [-0.2, 0) is 16.4 Å². The standard InChI is InChI=1S/C14H24N4O3S/c1-17(8-9-19)14-6-5-13(15-16-14)10-12-4-3-7-18(11-12)22(2,20)21/h5-6,12,19H,3-4,7-11H2,1-2H3/t12-/m0/s1. The zero-order valence-electron chi connectivity index (χ0n) is 13.1. The highest BCUT2D eigenvalue weighted by atomic mass is 32.2. The first kappa shape index (κ1) is 17.1. The second-order valence-corrected chi connectivity index (χ2v) is 7.84. The molecule has 1 aromatic rings. The van der Waals surface area contributed by atoms with Gasteiger partial charge in [-0.2, -0.15) is 5.10 Å². The van der Waals surface area contributed by atoms with Gasteiger partial charge in [0, 0.05) is 26.7 Å². The van der Waals surface area contributed by atoms with Gasteiger partial charge in [-0.25, -0.2) is 12.7 Å². The summed E-state index contributed by atoms with van der Waals surface area (Å²) in [6.07, 6.45) is 3.91. The molecular weight excluding hydrogens is 304 g/mol. The summed E-state index contributed by atoms with van der Waals surface area (Å²) in [4.78, 5) is 1.84. The Bertz CT molecular complexity index is 576. The van der Waals surface area contributed by atoms with Gasteiger partial charge in [0.05, 0.1) is 18.6 Å². The van der Waals surface area contributed by atoms with E-state index >= 15 is 0 Å². The molecule has 2 rings (SSSR count). The van der Waals surface area contributed by atoms with Gasteiger partial charge in [0.15, 0.2) is 5.82 Å².